The molecule has 0 aromatic heterocycles. The maximum Gasteiger partial charge on any atom is 0.411 e. The van der Waals surface area contributed by atoms with E-state index in [-0.39, 0.29) is 18.0 Å². The van der Waals surface area contributed by atoms with Crippen LogP contribution < -0.4 is 5.32 Å². The van der Waals surface area contributed by atoms with Crippen molar-refractivity contribution >= 4 is 21.8 Å². The van der Waals surface area contributed by atoms with Crippen LogP contribution in [0.3, 0.4) is 0 Å². The highest BCUT2D eigenvalue weighted by Gasteiger charge is 2.28. The molecule has 0 unspecified atom stereocenters. The molecule has 0 saturated carbocycles. The average molecular weight is 440 g/mol. The minimum Gasteiger partial charge on any atom is -0.444 e. The van der Waals surface area contributed by atoms with Crippen LogP contribution in [0.1, 0.15) is 16.7 Å². The molecule has 160 valence electrons. The second kappa shape index (κ2) is 8.87. The van der Waals surface area contributed by atoms with E-state index in [4.69, 9.17) is 4.74 Å². The Balaban J connectivity index is 1.44. The second-order valence-corrected chi connectivity index (χ2v) is 9.15. The van der Waals surface area contributed by atoms with E-state index in [0.717, 1.165) is 28.8 Å². The van der Waals surface area contributed by atoms with Crippen molar-refractivity contribution in [2.45, 2.75) is 24.5 Å². The van der Waals surface area contributed by atoms with Gasteiger partial charge in [-0.05, 0) is 59.5 Å². The number of fused-ring (bicyclic) bond motifs is 1. The monoisotopic (exact) mass is 440 g/mol. The maximum absolute atomic E-state index is 13.2. The van der Waals surface area contributed by atoms with Gasteiger partial charge in [-0.3, -0.25) is 5.32 Å². The van der Waals surface area contributed by atoms with Crippen molar-refractivity contribution in [2.24, 2.45) is 0 Å². The number of benzene rings is 3. The van der Waals surface area contributed by atoms with Crippen LogP contribution in [-0.2, 0) is 34.3 Å². The smallest absolute Gasteiger partial charge is 0.411 e. The molecule has 3 aromatic carbocycles. The fourth-order valence-electron chi connectivity index (χ4n) is 3.45. The number of hydrogen-bond acceptors (Lipinski definition) is 4. The molecule has 0 saturated heterocycles. The summed E-state index contributed by atoms with van der Waals surface area (Å²) < 4.78 is 45.6. The Bertz CT molecular complexity index is 1180. The molecule has 0 aliphatic carbocycles. The third-order valence-electron chi connectivity index (χ3n) is 5.09. The van der Waals surface area contributed by atoms with Crippen LogP contribution in [0.15, 0.2) is 77.7 Å². The van der Waals surface area contributed by atoms with Crippen LogP contribution in [0.2, 0.25) is 0 Å². The third-order valence-corrected chi connectivity index (χ3v) is 6.95. The van der Waals surface area contributed by atoms with Gasteiger partial charge < -0.3 is 4.74 Å². The van der Waals surface area contributed by atoms with Crippen LogP contribution in [0.5, 0.6) is 0 Å². The molecule has 1 aliphatic heterocycles. The fourth-order valence-corrected chi connectivity index (χ4v) is 4.87. The van der Waals surface area contributed by atoms with Gasteiger partial charge in [0.1, 0.15) is 12.4 Å². The number of nitrogens with zero attached hydrogens (tertiary/aromatic N) is 1. The Labute approximate surface area is 180 Å². The quantitative estimate of drug-likeness (QED) is 0.641. The number of ether oxygens (including phenoxy) is 1. The van der Waals surface area contributed by atoms with Crippen molar-refractivity contribution in [3.05, 3.63) is 95.3 Å². The van der Waals surface area contributed by atoms with Crippen LogP contribution in [-0.4, -0.2) is 25.4 Å². The standard InChI is InChI=1S/C23H21FN2O4S/c24-20-7-10-22(11-8-20)31(28,29)26-13-12-18-6-9-21(14-19(18)15-26)25-23(27)30-16-17-4-2-1-3-5-17/h1-11,14H,12-13,15-16H2,(H,25,27). The summed E-state index contributed by atoms with van der Waals surface area (Å²) in [4.78, 5) is 12.2. The molecule has 0 spiro atoms. The minimum absolute atomic E-state index is 0.0520. The molecule has 1 aliphatic rings. The van der Waals surface area contributed by atoms with Crippen molar-refractivity contribution in [3.8, 4) is 0 Å². The molecule has 8 heteroatoms. The largest absolute Gasteiger partial charge is 0.444 e. The summed E-state index contributed by atoms with van der Waals surface area (Å²) in [6.45, 7) is 0.656. The van der Waals surface area contributed by atoms with Gasteiger partial charge in [0.05, 0.1) is 4.90 Å². The number of carbonyl (C=O) groups is 1. The molecule has 0 radical (unpaired) electrons. The van der Waals surface area contributed by atoms with Crippen molar-refractivity contribution in [3.63, 3.8) is 0 Å². The van der Waals surface area contributed by atoms with Gasteiger partial charge in [0.15, 0.2) is 0 Å². The summed E-state index contributed by atoms with van der Waals surface area (Å²) in [5.74, 6) is -0.488. The summed E-state index contributed by atoms with van der Waals surface area (Å²) in [6, 6.07) is 19.5. The zero-order valence-corrected chi connectivity index (χ0v) is 17.4. The first-order valence-corrected chi connectivity index (χ1v) is 11.2. The van der Waals surface area contributed by atoms with Crippen LogP contribution in [0.25, 0.3) is 0 Å². The molecule has 1 amide bonds. The Hall–Kier alpha value is -3.23. The number of anilines is 1. The van der Waals surface area contributed by atoms with E-state index in [9.17, 15) is 17.6 Å². The molecule has 0 atom stereocenters. The van der Waals surface area contributed by atoms with Crippen LogP contribution in [0, 0.1) is 5.82 Å². The molecule has 6 nitrogen and oxygen atoms in total. The molecular weight excluding hydrogens is 419 g/mol. The Morgan fingerprint density at radius 3 is 2.48 bits per heavy atom. The van der Waals surface area contributed by atoms with Gasteiger partial charge in [0.2, 0.25) is 10.0 Å². The highest BCUT2D eigenvalue weighted by molar-refractivity contribution is 7.89. The van der Waals surface area contributed by atoms with E-state index in [2.05, 4.69) is 5.32 Å². The van der Waals surface area contributed by atoms with Gasteiger partial charge in [-0.1, -0.05) is 36.4 Å². The van der Waals surface area contributed by atoms with Gasteiger partial charge in [0, 0.05) is 18.8 Å². The van der Waals surface area contributed by atoms with E-state index < -0.39 is 21.9 Å². The summed E-state index contributed by atoms with van der Waals surface area (Å²) in [7, 11) is -3.74. The van der Waals surface area contributed by atoms with Gasteiger partial charge >= 0.3 is 6.09 Å². The molecule has 0 fully saturated rings. The van der Waals surface area contributed by atoms with Gasteiger partial charge in [-0.15, -0.1) is 0 Å². The van der Waals surface area contributed by atoms with Gasteiger partial charge in [0.25, 0.3) is 0 Å². The SMILES string of the molecule is O=C(Nc1ccc2c(c1)CN(S(=O)(=O)c1ccc(F)cc1)CC2)OCc1ccccc1. The van der Waals surface area contributed by atoms with E-state index in [1.165, 1.54) is 16.4 Å². The highest BCUT2D eigenvalue weighted by Crippen LogP contribution is 2.27. The summed E-state index contributed by atoms with van der Waals surface area (Å²) in [6.07, 6.45) is -0.0375. The third kappa shape index (κ3) is 4.92. The molecule has 1 heterocycles. The number of rotatable bonds is 5. The first kappa shape index (κ1) is 21.0. The topological polar surface area (TPSA) is 75.7 Å². The number of sulfonamides is 1. The molecule has 31 heavy (non-hydrogen) atoms. The van der Waals surface area contributed by atoms with Crippen molar-refractivity contribution in [2.75, 3.05) is 11.9 Å². The maximum atomic E-state index is 13.2. The first-order valence-electron chi connectivity index (χ1n) is 9.77. The van der Waals surface area contributed by atoms with Crippen molar-refractivity contribution in [1.29, 1.82) is 0 Å². The Morgan fingerprint density at radius 2 is 1.74 bits per heavy atom. The molecule has 4 rings (SSSR count). The van der Waals surface area contributed by atoms with E-state index >= 15 is 0 Å². The number of nitrogens with one attached hydrogen (secondary N) is 1. The summed E-state index contributed by atoms with van der Waals surface area (Å²) in [5, 5.41) is 2.68. The highest BCUT2D eigenvalue weighted by atomic mass is 32.2. The zero-order valence-electron chi connectivity index (χ0n) is 16.6. The molecular formula is C23H21FN2O4S. The predicted octanol–water partition coefficient (Wildman–Crippen LogP) is 4.32. The van der Waals surface area contributed by atoms with Crippen molar-refractivity contribution in [1.82, 2.24) is 4.31 Å². The Morgan fingerprint density at radius 1 is 1.00 bits per heavy atom. The molecule has 3 aromatic rings. The first-order chi connectivity index (χ1) is 14.9. The van der Waals surface area contributed by atoms with Crippen molar-refractivity contribution < 1.29 is 22.3 Å². The summed E-state index contributed by atoms with van der Waals surface area (Å²) in [5.41, 5.74) is 3.23. The molecule has 0 bridgehead atoms. The lowest BCUT2D eigenvalue weighted by molar-refractivity contribution is 0.155. The minimum atomic E-state index is -3.74. The molecule has 1 N–H and O–H groups in total. The number of hydrogen-bond donors (Lipinski definition) is 1. The average Bonchev–Trinajstić information content (AvgIpc) is 2.78. The lowest BCUT2D eigenvalue weighted by Gasteiger charge is -2.28. The van der Waals surface area contributed by atoms with Gasteiger partial charge in [-0.25, -0.2) is 17.6 Å². The lowest BCUT2D eigenvalue weighted by Crippen LogP contribution is -2.36. The number of amides is 1. The van der Waals surface area contributed by atoms with E-state index in [1.54, 1.807) is 12.1 Å². The van der Waals surface area contributed by atoms with E-state index in [1.807, 2.05) is 36.4 Å². The lowest BCUT2D eigenvalue weighted by atomic mass is 10.0. The number of carbonyl (C=O) groups excluding carboxylic acids is 1. The van der Waals surface area contributed by atoms with Crippen LogP contribution in [0.4, 0.5) is 14.9 Å². The van der Waals surface area contributed by atoms with E-state index in [0.29, 0.717) is 18.7 Å². The van der Waals surface area contributed by atoms with Crippen LogP contribution >= 0.6 is 0 Å². The summed E-state index contributed by atoms with van der Waals surface area (Å²) >= 11 is 0. The fraction of sp³-hybridized carbons (Fsp3) is 0.174. The van der Waals surface area contributed by atoms with Gasteiger partial charge in [-0.2, -0.15) is 4.31 Å². The Kier molecular flexibility index (Phi) is 6.01. The predicted molar refractivity (Wildman–Crippen MR) is 114 cm³/mol. The normalized spacial score (nSPS) is 14.0. The second-order valence-electron chi connectivity index (χ2n) is 7.21. The zero-order chi connectivity index (χ0) is 21.8. The number of halogens is 1.